The predicted molar refractivity (Wildman–Crippen MR) is 82.8 cm³/mol. The Bertz CT molecular complexity index is 507. The van der Waals surface area contributed by atoms with Gasteiger partial charge in [-0.2, -0.15) is 0 Å². The van der Waals surface area contributed by atoms with E-state index >= 15 is 0 Å². The Morgan fingerprint density at radius 1 is 1.50 bits per heavy atom. The normalized spacial score (nSPS) is 16.5. The van der Waals surface area contributed by atoms with E-state index in [0.29, 0.717) is 12.5 Å². The Balaban J connectivity index is 1.81. The molecule has 2 rings (SSSR count). The fourth-order valence-electron chi connectivity index (χ4n) is 2.26. The van der Waals surface area contributed by atoms with Gasteiger partial charge in [-0.1, -0.05) is 11.8 Å². The number of carbonyl (C=O) groups excluding carboxylic acids is 1. The number of amides is 1. The third kappa shape index (κ3) is 4.34. The fourth-order valence-corrected chi connectivity index (χ4v) is 3.05. The molecule has 5 heteroatoms. The van der Waals surface area contributed by atoms with E-state index in [2.05, 4.69) is 29.1 Å². The molecule has 0 unspecified atom stereocenters. The van der Waals surface area contributed by atoms with Crippen LogP contribution < -0.4 is 11.1 Å². The third-order valence-electron chi connectivity index (χ3n) is 3.53. The van der Waals surface area contributed by atoms with E-state index in [-0.39, 0.29) is 5.91 Å². The number of nitrogens with two attached hydrogens (primary N) is 1. The highest BCUT2D eigenvalue weighted by Crippen LogP contribution is 2.17. The zero-order valence-corrected chi connectivity index (χ0v) is 12.6. The maximum absolute atomic E-state index is 12.1. The number of nitrogens with zero attached hydrogens (tertiary/aromatic N) is 1. The molecule has 0 atom stereocenters. The standard InChI is InChI=1S/C15H21N3OS/c1-18-9-6-12(7-10-18)11-17-15(19)14-5-4-13(20-14)3-2-8-16/h4-5,12H,6-11,16H2,1H3,(H,17,19). The molecule has 1 aromatic heterocycles. The lowest BCUT2D eigenvalue weighted by Gasteiger charge is -2.28. The van der Waals surface area contributed by atoms with Crippen LogP contribution in [0.4, 0.5) is 0 Å². The molecule has 0 saturated carbocycles. The van der Waals surface area contributed by atoms with Crippen molar-refractivity contribution in [2.24, 2.45) is 11.7 Å². The molecule has 1 amide bonds. The third-order valence-corrected chi connectivity index (χ3v) is 4.53. The first-order chi connectivity index (χ1) is 9.69. The number of hydrogen-bond donors (Lipinski definition) is 2. The van der Waals surface area contributed by atoms with Crippen LogP contribution in [0.2, 0.25) is 0 Å². The zero-order chi connectivity index (χ0) is 14.4. The van der Waals surface area contributed by atoms with Crippen molar-refractivity contribution < 1.29 is 4.79 Å². The molecule has 1 fully saturated rings. The van der Waals surface area contributed by atoms with Crippen molar-refractivity contribution in [1.82, 2.24) is 10.2 Å². The second kappa shape index (κ2) is 7.44. The van der Waals surface area contributed by atoms with Gasteiger partial charge in [-0.3, -0.25) is 4.79 Å². The quantitative estimate of drug-likeness (QED) is 0.821. The van der Waals surface area contributed by atoms with Gasteiger partial charge in [-0.05, 0) is 51.0 Å². The minimum Gasteiger partial charge on any atom is -0.351 e. The van der Waals surface area contributed by atoms with Gasteiger partial charge < -0.3 is 16.0 Å². The molecule has 4 nitrogen and oxygen atoms in total. The van der Waals surface area contributed by atoms with Crippen LogP contribution in [-0.4, -0.2) is 44.0 Å². The number of hydrogen-bond acceptors (Lipinski definition) is 4. The van der Waals surface area contributed by atoms with Crippen molar-refractivity contribution in [3.8, 4) is 11.8 Å². The summed E-state index contributed by atoms with van der Waals surface area (Å²) in [5, 5.41) is 3.03. The maximum atomic E-state index is 12.1. The van der Waals surface area contributed by atoms with Crippen LogP contribution in [0.15, 0.2) is 12.1 Å². The van der Waals surface area contributed by atoms with E-state index in [1.165, 1.54) is 11.3 Å². The van der Waals surface area contributed by atoms with Gasteiger partial charge in [0.2, 0.25) is 0 Å². The molecule has 0 radical (unpaired) electrons. The molecule has 1 saturated heterocycles. The average Bonchev–Trinajstić information content (AvgIpc) is 2.93. The van der Waals surface area contributed by atoms with Crippen LogP contribution in [0.3, 0.4) is 0 Å². The number of likely N-dealkylation sites (tertiary alicyclic amines) is 1. The molecule has 0 aromatic carbocycles. The minimum atomic E-state index is 0.00901. The number of rotatable bonds is 3. The summed E-state index contributed by atoms with van der Waals surface area (Å²) in [6, 6.07) is 3.70. The molecule has 1 aliphatic heterocycles. The second-order valence-electron chi connectivity index (χ2n) is 5.13. The van der Waals surface area contributed by atoms with E-state index < -0.39 is 0 Å². The van der Waals surface area contributed by atoms with E-state index in [4.69, 9.17) is 5.73 Å². The van der Waals surface area contributed by atoms with Crippen molar-refractivity contribution in [2.45, 2.75) is 12.8 Å². The summed E-state index contributed by atoms with van der Waals surface area (Å²) in [5.41, 5.74) is 5.33. The fraction of sp³-hybridized carbons (Fsp3) is 0.533. The molecule has 1 aliphatic rings. The molecular formula is C15H21N3OS. The van der Waals surface area contributed by atoms with Crippen molar-refractivity contribution in [1.29, 1.82) is 0 Å². The Morgan fingerprint density at radius 2 is 2.25 bits per heavy atom. The van der Waals surface area contributed by atoms with Gasteiger partial charge in [-0.25, -0.2) is 0 Å². The lowest BCUT2D eigenvalue weighted by molar-refractivity contribution is 0.0943. The predicted octanol–water partition coefficient (Wildman–Crippen LogP) is 1.13. The van der Waals surface area contributed by atoms with E-state index in [0.717, 1.165) is 42.2 Å². The van der Waals surface area contributed by atoms with Gasteiger partial charge in [0.25, 0.3) is 5.91 Å². The van der Waals surface area contributed by atoms with Gasteiger partial charge in [-0.15, -0.1) is 11.3 Å². The molecule has 20 heavy (non-hydrogen) atoms. The highest BCUT2D eigenvalue weighted by atomic mass is 32.1. The Labute approximate surface area is 124 Å². The molecule has 0 aliphatic carbocycles. The Morgan fingerprint density at radius 3 is 2.95 bits per heavy atom. The topological polar surface area (TPSA) is 58.4 Å². The summed E-state index contributed by atoms with van der Waals surface area (Å²) < 4.78 is 0. The monoisotopic (exact) mass is 291 g/mol. The lowest BCUT2D eigenvalue weighted by atomic mass is 9.97. The molecule has 0 bridgehead atoms. The summed E-state index contributed by atoms with van der Waals surface area (Å²) >= 11 is 1.42. The lowest BCUT2D eigenvalue weighted by Crippen LogP contribution is -2.36. The van der Waals surface area contributed by atoms with Crippen LogP contribution in [0.25, 0.3) is 0 Å². The first-order valence-electron chi connectivity index (χ1n) is 6.94. The van der Waals surface area contributed by atoms with Crippen LogP contribution in [0.1, 0.15) is 27.4 Å². The van der Waals surface area contributed by atoms with Gasteiger partial charge in [0.15, 0.2) is 0 Å². The second-order valence-corrected chi connectivity index (χ2v) is 6.21. The summed E-state index contributed by atoms with van der Waals surface area (Å²) in [6.07, 6.45) is 2.32. The molecular weight excluding hydrogens is 270 g/mol. The zero-order valence-electron chi connectivity index (χ0n) is 11.8. The highest BCUT2D eigenvalue weighted by molar-refractivity contribution is 7.14. The largest absolute Gasteiger partial charge is 0.351 e. The molecule has 2 heterocycles. The average molecular weight is 291 g/mol. The van der Waals surface area contributed by atoms with Crippen LogP contribution in [0.5, 0.6) is 0 Å². The van der Waals surface area contributed by atoms with Gasteiger partial charge in [0, 0.05) is 6.54 Å². The first kappa shape index (κ1) is 15.0. The van der Waals surface area contributed by atoms with Gasteiger partial charge in [0.05, 0.1) is 16.3 Å². The highest BCUT2D eigenvalue weighted by Gasteiger charge is 2.17. The molecule has 1 aromatic rings. The smallest absolute Gasteiger partial charge is 0.261 e. The number of carbonyl (C=O) groups is 1. The SMILES string of the molecule is CN1CCC(CNC(=O)c2ccc(C#CCN)s2)CC1. The number of thiophene rings is 1. The maximum Gasteiger partial charge on any atom is 0.261 e. The molecule has 0 spiro atoms. The van der Waals surface area contributed by atoms with Crippen LogP contribution >= 0.6 is 11.3 Å². The van der Waals surface area contributed by atoms with Gasteiger partial charge in [0.1, 0.15) is 0 Å². The summed E-state index contributed by atoms with van der Waals surface area (Å²) in [5.74, 6) is 6.36. The van der Waals surface area contributed by atoms with Gasteiger partial charge >= 0.3 is 0 Å². The van der Waals surface area contributed by atoms with E-state index in [9.17, 15) is 4.79 Å². The van der Waals surface area contributed by atoms with Crippen molar-refractivity contribution in [2.75, 3.05) is 33.2 Å². The summed E-state index contributed by atoms with van der Waals surface area (Å²) in [7, 11) is 2.14. The number of piperidine rings is 1. The molecule has 108 valence electrons. The van der Waals surface area contributed by atoms with Crippen LogP contribution in [-0.2, 0) is 0 Å². The van der Waals surface area contributed by atoms with E-state index in [1.54, 1.807) is 0 Å². The number of nitrogens with one attached hydrogen (secondary N) is 1. The summed E-state index contributed by atoms with van der Waals surface area (Å²) in [6.45, 7) is 3.36. The van der Waals surface area contributed by atoms with Crippen molar-refractivity contribution >= 4 is 17.2 Å². The van der Waals surface area contributed by atoms with Crippen molar-refractivity contribution in [3.63, 3.8) is 0 Å². The van der Waals surface area contributed by atoms with Crippen LogP contribution in [0, 0.1) is 17.8 Å². The molecule has 3 N–H and O–H groups in total. The Kier molecular flexibility index (Phi) is 5.60. The summed E-state index contributed by atoms with van der Waals surface area (Å²) in [4.78, 5) is 16.0. The van der Waals surface area contributed by atoms with Crippen molar-refractivity contribution in [3.05, 3.63) is 21.9 Å². The van der Waals surface area contributed by atoms with E-state index in [1.807, 2.05) is 12.1 Å². The minimum absolute atomic E-state index is 0.00901. The first-order valence-corrected chi connectivity index (χ1v) is 7.76. The Hall–Kier alpha value is -1.35.